The normalized spacial score (nSPS) is 11.2. The van der Waals surface area contributed by atoms with Gasteiger partial charge in [-0.15, -0.1) is 0 Å². The monoisotopic (exact) mass is 490 g/mol. The number of oxazole rings is 1. The van der Waals surface area contributed by atoms with Gasteiger partial charge in [-0.3, -0.25) is 4.79 Å². The summed E-state index contributed by atoms with van der Waals surface area (Å²) in [6.45, 7) is 1.90. The summed E-state index contributed by atoms with van der Waals surface area (Å²) >= 11 is 9.74. The lowest BCUT2D eigenvalue weighted by atomic mass is 10.0. The predicted molar refractivity (Wildman–Crippen MR) is 129 cm³/mol. The quantitative estimate of drug-likeness (QED) is 0.282. The lowest BCUT2D eigenvalue weighted by Gasteiger charge is -2.06. The lowest BCUT2D eigenvalue weighted by Crippen LogP contribution is -2.11. The molecule has 6 heteroatoms. The molecule has 152 valence electrons. The van der Waals surface area contributed by atoms with Crippen molar-refractivity contribution in [1.82, 2.24) is 4.98 Å². The highest BCUT2D eigenvalue weighted by molar-refractivity contribution is 9.10. The van der Waals surface area contributed by atoms with Crippen molar-refractivity contribution in [3.63, 3.8) is 0 Å². The predicted octanol–water partition coefficient (Wildman–Crippen LogP) is 7.62. The molecule has 1 heterocycles. The van der Waals surface area contributed by atoms with Gasteiger partial charge in [0, 0.05) is 26.3 Å². The van der Waals surface area contributed by atoms with Crippen LogP contribution in [0.25, 0.3) is 33.3 Å². The highest BCUT2D eigenvalue weighted by Gasteiger charge is 2.14. The highest BCUT2D eigenvalue weighted by atomic mass is 79.9. The van der Waals surface area contributed by atoms with Crippen LogP contribution in [0.5, 0.6) is 0 Å². The summed E-state index contributed by atoms with van der Waals surface area (Å²) in [6.07, 6.45) is 0. The maximum Gasteiger partial charge on any atom is 0.255 e. The van der Waals surface area contributed by atoms with E-state index in [2.05, 4.69) is 32.3 Å². The van der Waals surface area contributed by atoms with Crippen molar-refractivity contribution >= 4 is 61.0 Å². The number of hydrogen-bond acceptors (Lipinski definition) is 3. The van der Waals surface area contributed by atoms with Gasteiger partial charge >= 0.3 is 0 Å². The van der Waals surface area contributed by atoms with E-state index < -0.39 is 0 Å². The first-order valence-electron chi connectivity index (χ1n) is 9.65. The number of anilines is 1. The molecular weight excluding hydrogens is 476 g/mol. The Bertz CT molecular complexity index is 1480. The van der Waals surface area contributed by atoms with E-state index in [-0.39, 0.29) is 5.91 Å². The molecule has 0 unspecified atom stereocenters. The zero-order chi connectivity index (χ0) is 21.5. The van der Waals surface area contributed by atoms with Gasteiger partial charge in [0.2, 0.25) is 5.89 Å². The van der Waals surface area contributed by atoms with Crippen molar-refractivity contribution in [3.8, 4) is 11.5 Å². The standard InChI is InChI=1S/C25H16BrClN2O2/c1-14-8-9-15(12-21(14)27)24(30)28-16-10-11-23-22(13-16)29-25(31-23)19-6-2-5-18-17(19)4-3-7-20(18)26/h2-13H,1H3,(H,28,30). The third-order valence-corrected chi connectivity index (χ3v) is 6.28. The van der Waals surface area contributed by atoms with Crippen LogP contribution in [0.15, 0.2) is 81.7 Å². The maximum atomic E-state index is 12.6. The van der Waals surface area contributed by atoms with Crippen molar-refractivity contribution in [3.05, 3.63) is 93.4 Å². The molecule has 4 nitrogen and oxygen atoms in total. The highest BCUT2D eigenvalue weighted by Crippen LogP contribution is 2.34. The van der Waals surface area contributed by atoms with E-state index in [0.717, 1.165) is 26.4 Å². The van der Waals surface area contributed by atoms with Gasteiger partial charge in [0.1, 0.15) is 5.52 Å². The maximum absolute atomic E-state index is 12.6. The molecule has 0 aliphatic carbocycles. The molecule has 1 N–H and O–H groups in total. The second-order valence-electron chi connectivity index (χ2n) is 7.26. The minimum atomic E-state index is -0.233. The molecule has 5 rings (SSSR count). The van der Waals surface area contributed by atoms with Crippen molar-refractivity contribution in [2.45, 2.75) is 6.92 Å². The summed E-state index contributed by atoms with van der Waals surface area (Å²) in [5, 5.41) is 5.60. The van der Waals surface area contributed by atoms with E-state index in [0.29, 0.717) is 33.3 Å². The first-order chi connectivity index (χ1) is 15.0. The van der Waals surface area contributed by atoms with Gasteiger partial charge in [-0.05, 0) is 65.7 Å². The average molecular weight is 492 g/mol. The fourth-order valence-corrected chi connectivity index (χ4v) is 4.19. The number of carbonyl (C=O) groups excluding carboxylic acids is 1. The molecule has 0 aliphatic heterocycles. The Labute approximate surface area is 192 Å². The van der Waals surface area contributed by atoms with Crippen LogP contribution in [-0.2, 0) is 0 Å². The molecule has 0 radical (unpaired) electrons. The number of halogens is 2. The van der Waals surface area contributed by atoms with Crippen molar-refractivity contribution in [2.75, 3.05) is 5.32 Å². The fourth-order valence-electron chi connectivity index (χ4n) is 3.52. The molecular formula is C25H16BrClN2O2. The molecule has 0 saturated heterocycles. The average Bonchev–Trinajstić information content (AvgIpc) is 3.19. The van der Waals surface area contributed by atoms with Crippen LogP contribution < -0.4 is 5.32 Å². The molecule has 5 aromatic rings. The summed E-state index contributed by atoms with van der Waals surface area (Å²) in [4.78, 5) is 17.3. The van der Waals surface area contributed by atoms with E-state index in [1.807, 2.05) is 49.4 Å². The van der Waals surface area contributed by atoms with E-state index in [4.69, 9.17) is 16.0 Å². The number of benzene rings is 4. The molecule has 0 aliphatic rings. The fraction of sp³-hybridized carbons (Fsp3) is 0.0400. The van der Waals surface area contributed by atoms with E-state index in [1.165, 1.54) is 0 Å². The van der Waals surface area contributed by atoms with E-state index in [9.17, 15) is 4.79 Å². The number of rotatable bonds is 3. The zero-order valence-electron chi connectivity index (χ0n) is 16.4. The number of fused-ring (bicyclic) bond motifs is 2. The van der Waals surface area contributed by atoms with Crippen molar-refractivity contribution < 1.29 is 9.21 Å². The Kier molecular flexibility index (Phi) is 5.00. The largest absolute Gasteiger partial charge is 0.436 e. The summed E-state index contributed by atoms with van der Waals surface area (Å²) in [6, 6.07) is 22.7. The van der Waals surface area contributed by atoms with Crippen LogP contribution in [0.3, 0.4) is 0 Å². The molecule has 31 heavy (non-hydrogen) atoms. The Balaban J connectivity index is 1.49. The molecule has 0 bridgehead atoms. The first-order valence-corrected chi connectivity index (χ1v) is 10.8. The number of nitrogens with zero attached hydrogens (tertiary/aromatic N) is 1. The van der Waals surface area contributed by atoms with Gasteiger partial charge in [-0.2, -0.15) is 0 Å². The molecule has 1 amide bonds. The van der Waals surface area contributed by atoms with E-state index >= 15 is 0 Å². The Morgan fingerprint density at radius 1 is 1.00 bits per heavy atom. The number of nitrogens with one attached hydrogen (secondary N) is 1. The number of hydrogen-bond donors (Lipinski definition) is 1. The molecule has 0 saturated carbocycles. The van der Waals surface area contributed by atoms with Gasteiger partial charge < -0.3 is 9.73 Å². The van der Waals surface area contributed by atoms with Crippen molar-refractivity contribution in [1.29, 1.82) is 0 Å². The number of amides is 1. The van der Waals surface area contributed by atoms with Crippen LogP contribution in [0.2, 0.25) is 5.02 Å². The van der Waals surface area contributed by atoms with Gasteiger partial charge in [0.05, 0.1) is 0 Å². The summed E-state index contributed by atoms with van der Waals surface area (Å²) in [7, 11) is 0. The smallest absolute Gasteiger partial charge is 0.255 e. The molecule has 4 aromatic carbocycles. The molecule has 1 aromatic heterocycles. The Morgan fingerprint density at radius 3 is 2.65 bits per heavy atom. The second kappa shape index (κ2) is 7.84. The summed E-state index contributed by atoms with van der Waals surface area (Å²) in [5.41, 5.74) is 4.29. The third kappa shape index (κ3) is 3.71. The van der Waals surface area contributed by atoms with Gasteiger partial charge in [0.25, 0.3) is 5.91 Å². The minimum Gasteiger partial charge on any atom is -0.436 e. The summed E-state index contributed by atoms with van der Waals surface area (Å²) in [5.74, 6) is 0.302. The van der Waals surface area contributed by atoms with Crippen LogP contribution in [0, 0.1) is 6.92 Å². The molecule has 0 spiro atoms. The first kappa shape index (κ1) is 19.8. The second-order valence-corrected chi connectivity index (χ2v) is 8.52. The van der Waals surface area contributed by atoms with Crippen LogP contribution in [0.1, 0.15) is 15.9 Å². The van der Waals surface area contributed by atoms with Gasteiger partial charge in [0.15, 0.2) is 5.58 Å². The number of aryl methyl sites for hydroxylation is 1. The van der Waals surface area contributed by atoms with Crippen LogP contribution in [0.4, 0.5) is 5.69 Å². The third-order valence-electron chi connectivity index (χ3n) is 5.18. The number of carbonyl (C=O) groups is 1. The van der Waals surface area contributed by atoms with Crippen LogP contribution >= 0.6 is 27.5 Å². The zero-order valence-corrected chi connectivity index (χ0v) is 18.8. The lowest BCUT2D eigenvalue weighted by molar-refractivity contribution is 0.102. The van der Waals surface area contributed by atoms with Gasteiger partial charge in [-0.1, -0.05) is 57.9 Å². The minimum absolute atomic E-state index is 0.233. The Morgan fingerprint density at radius 2 is 1.81 bits per heavy atom. The topological polar surface area (TPSA) is 55.1 Å². The van der Waals surface area contributed by atoms with Crippen molar-refractivity contribution in [2.24, 2.45) is 0 Å². The number of aromatic nitrogens is 1. The van der Waals surface area contributed by atoms with Crippen LogP contribution in [-0.4, -0.2) is 10.9 Å². The SMILES string of the molecule is Cc1ccc(C(=O)Nc2ccc3oc(-c4cccc5c(Br)cccc45)nc3c2)cc1Cl. The molecule has 0 fully saturated rings. The molecule has 0 atom stereocenters. The Hall–Kier alpha value is -3.15. The van der Waals surface area contributed by atoms with E-state index in [1.54, 1.807) is 24.3 Å². The van der Waals surface area contributed by atoms with Gasteiger partial charge in [-0.25, -0.2) is 4.98 Å². The summed E-state index contributed by atoms with van der Waals surface area (Å²) < 4.78 is 7.04.